The van der Waals surface area contributed by atoms with Gasteiger partial charge in [0.1, 0.15) is 10.3 Å². The quantitative estimate of drug-likeness (QED) is 0.670. The van der Waals surface area contributed by atoms with Gasteiger partial charge in [0.25, 0.3) is 5.91 Å². The molecule has 2 heterocycles. The Kier molecular flexibility index (Phi) is 6.58. The average Bonchev–Trinajstić information content (AvgIpc) is 3.13. The van der Waals surface area contributed by atoms with Crippen LogP contribution < -0.4 is 4.90 Å². The van der Waals surface area contributed by atoms with E-state index in [1.807, 2.05) is 43.3 Å². The highest BCUT2D eigenvalue weighted by molar-refractivity contribution is 6.33. The van der Waals surface area contributed by atoms with Gasteiger partial charge in [0.2, 0.25) is 0 Å². The molecule has 0 N–H and O–H groups in total. The summed E-state index contributed by atoms with van der Waals surface area (Å²) >= 11 is 12.0. The van der Waals surface area contributed by atoms with E-state index in [0.29, 0.717) is 18.7 Å². The predicted octanol–water partition coefficient (Wildman–Crippen LogP) is 4.28. The topological polar surface area (TPSA) is 45.7 Å². The van der Waals surface area contributed by atoms with Crippen LogP contribution in [0.25, 0.3) is 0 Å². The second kappa shape index (κ2) is 8.91. The molecular weight excluding hydrogens is 385 g/mol. The Bertz CT molecular complexity index is 770. The third kappa shape index (κ3) is 5.34. The molecule has 0 saturated carbocycles. The molecule has 144 valence electrons. The van der Waals surface area contributed by atoms with Crippen LogP contribution in [0, 0.1) is 0 Å². The second-order valence-corrected chi connectivity index (χ2v) is 7.66. The van der Waals surface area contributed by atoms with Crippen molar-refractivity contribution in [2.45, 2.75) is 25.5 Å². The summed E-state index contributed by atoms with van der Waals surface area (Å²) in [6, 6.07) is 11.3. The number of amides is 1. The lowest BCUT2D eigenvalue weighted by molar-refractivity contribution is 0.0507. The maximum absolute atomic E-state index is 13.1. The first-order valence-electron chi connectivity index (χ1n) is 8.92. The van der Waals surface area contributed by atoms with Crippen LogP contribution >= 0.6 is 23.2 Å². The smallest absolute Gasteiger partial charge is 0.254 e. The van der Waals surface area contributed by atoms with Gasteiger partial charge in [0.15, 0.2) is 0 Å². The monoisotopic (exact) mass is 407 g/mol. The number of ether oxygens (including phenoxy) is 1. The first-order valence-corrected chi connectivity index (χ1v) is 9.68. The summed E-state index contributed by atoms with van der Waals surface area (Å²) in [7, 11) is 4.00. The molecule has 1 fully saturated rings. The highest BCUT2D eigenvalue weighted by Crippen LogP contribution is 2.21. The number of pyridine rings is 1. The largest absolute Gasteiger partial charge is 0.378 e. The van der Waals surface area contributed by atoms with Gasteiger partial charge in [-0.05, 0) is 42.7 Å². The number of anilines is 1. The maximum Gasteiger partial charge on any atom is 0.254 e. The van der Waals surface area contributed by atoms with Crippen LogP contribution in [0.2, 0.25) is 10.3 Å². The Morgan fingerprint density at radius 1 is 1.19 bits per heavy atom. The van der Waals surface area contributed by atoms with Crippen LogP contribution in [0.1, 0.15) is 28.8 Å². The fourth-order valence-corrected chi connectivity index (χ4v) is 3.60. The van der Waals surface area contributed by atoms with Gasteiger partial charge < -0.3 is 14.5 Å². The minimum absolute atomic E-state index is 0.0581. The maximum atomic E-state index is 13.1. The molecule has 27 heavy (non-hydrogen) atoms. The number of hydrogen-bond acceptors (Lipinski definition) is 4. The van der Waals surface area contributed by atoms with Gasteiger partial charge >= 0.3 is 0 Å². The zero-order valence-corrected chi connectivity index (χ0v) is 17.0. The van der Waals surface area contributed by atoms with Crippen molar-refractivity contribution in [2.24, 2.45) is 0 Å². The summed E-state index contributed by atoms with van der Waals surface area (Å²) in [6.45, 7) is 1.77. The summed E-state index contributed by atoms with van der Waals surface area (Å²) in [5, 5.41) is 0.413. The normalized spacial score (nSPS) is 16.4. The van der Waals surface area contributed by atoms with Crippen LogP contribution in [-0.2, 0) is 11.3 Å². The number of carbonyl (C=O) groups is 1. The first-order chi connectivity index (χ1) is 12.9. The van der Waals surface area contributed by atoms with Crippen molar-refractivity contribution in [2.75, 3.05) is 32.1 Å². The van der Waals surface area contributed by atoms with Crippen molar-refractivity contribution in [1.29, 1.82) is 0 Å². The minimum atomic E-state index is -0.131. The molecule has 1 aromatic carbocycles. The highest BCUT2D eigenvalue weighted by Gasteiger charge is 2.24. The Morgan fingerprint density at radius 3 is 2.41 bits per heavy atom. The van der Waals surface area contributed by atoms with E-state index in [0.717, 1.165) is 30.7 Å². The molecule has 3 rings (SSSR count). The molecule has 1 saturated heterocycles. The molecule has 5 nitrogen and oxygen atoms in total. The zero-order valence-electron chi connectivity index (χ0n) is 15.5. The Hall–Kier alpha value is -1.82. The lowest BCUT2D eigenvalue weighted by atomic mass is 10.1. The molecule has 0 radical (unpaired) electrons. The molecule has 0 aliphatic carbocycles. The summed E-state index contributed by atoms with van der Waals surface area (Å²) in [4.78, 5) is 20.9. The van der Waals surface area contributed by atoms with E-state index in [-0.39, 0.29) is 22.3 Å². The van der Waals surface area contributed by atoms with Crippen LogP contribution in [0.3, 0.4) is 0 Å². The van der Waals surface area contributed by atoms with Crippen LogP contribution in [0.5, 0.6) is 0 Å². The van der Waals surface area contributed by atoms with Crippen molar-refractivity contribution in [3.63, 3.8) is 0 Å². The van der Waals surface area contributed by atoms with Gasteiger partial charge in [-0.2, -0.15) is 0 Å². The SMILES string of the molecule is CN(C)c1ccc(CN(CC2CCCO2)C(=O)c2cc(Cl)nc(Cl)c2)cc1. The molecule has 0 spiro atoms. The van der Waals surface area contributed by atoms with Crippen molar-refractivity contribution < 1.29 is 9.53 Å². The van der Waals surface area contributed by atoms with Crippen molar-refractivity contribution in [1.82, 2.24) is 9.88 Å². The number of halogens is 2. The summed E-state index contributed by atoms with van der Waals surface area (Å²) in [5.41, 5.74) is 2.60. The molecule has 2 aromatic rings. The molecular formula is C20H23Cl2N3O2. The van der Waals surface area contributed by atoms with Gasteiger partial charge in [-0.25, -0.2) is 4.98 Å². The van der Waals surface area contributed by atoms with E-state index in [1.54, 1.807) is 17.0 Å². The number of nitrogens with zero attached hydrogens (tertiary/aromatic N) is 3. The fourth-order valence-electron chi connectivity index (χ4n) is 3.14. The molecule has 1 aliphatic rings. The van der Waals surface area contributed by atoms with E-state index in [4.69, 9.17) is 27.9 Å². The Morgan fingerprint density at radius 2 is 1.85 bits per heavy atom. The summed E-state index contributed by atoms with van der Waals surface area (Å²) in [6.07, 6.45) is 2.04. The van der Waals surface area contributed by atoms with Gasteiger partial charge in [-0.3, -0.25) is 4.79 Å². The van der Waals surface area contributed by atoms with E-state index in [1.165, 1.54) is 0 Å². The number of hydrogen-bond donors (Lipinski definition) is 0. The molecule has 7 heteroatoms. The zero-order chi connectivity index (χ0) is 19.4. The van der Waals surface area contributed by atoms with Crippen molar-refractivity contribution >= 4 is 34.8 Å². The third-order valence-corrected chi connectivity index (χ3v) is 4.96. The highest BCUT2D eigenvalue weighted by atomic mass is 35.5. The predicted molar refractivity (Wildman–Crippen MR) is 109 cm³/mol. The molecule has 1 aliphatic heterocycles. The van der Waals surface area contributed by atoms with Gasteiger partial charge in [-0.15, -0.1) is 0 Å². The molecule has 0 bridgehead atoms. The fraction of sp³-hybridized carbons (Fsp3) is 0.400. The number of aromatic nitrogens is 1. The average molecular weight is 408 g/mol. The van der Waals surface area contributed by atoms with E-state index < -0.39 is 0 Å². The summed E-state index contributed by atoms with van der Waals surface area (Å²) in [5.74, 6) is -0.131. The standard InChI is InChI=1S/C20H23Cl2N3O2/c1-24(2)16-7-5-14(6-8-16)12-25(13-17-4-3-9-27-17)20(26)15-10-18(21)23-19(22)11-15/h5-8,10-11,17H,3-4,9,12-13H2,1-2H3. The van der Waals surface area contributed by atoms with E-state index >= 15 is 0 Å². The third-order valence-electron chi connectivity index (χ3n) is 4.57. The molecule has 1 amide bonds. The first kappa shape index (κ1) is 19.9. The van der Waals surface area contributed by atoms with Gasteiger partial charge in [0.05, 0.1) is 6.10 Å². The van der Waals surface area contributed by atoms with Crippen molar-refractivity contribution in [3.05, 3.63) is 57.8 Å². The van der Waals surface area contributed by atoms with Crippen LogP contribution in [0.15, 0.2) is 36.4 Å². The molecule has 1 aromatic heterocycles. The molecule has 1 unspecified atom stereocenters. The molecule has 1 atom stereocenters. The lowest BCUT2D eigenvalue weighted by Gasteiger charge is -2.26. The Balaban J connectivity index is 1.82. The van der Waals surface area contributed by atoms with Crippen LogP contribution in [0.4, 0.5) is 5.69 Å². The number of rotatable bonds is 6. The number of benzene rings is 1. The van der Waals surface area contributed by atoms with E-state index in [2.05, 4.69) is 4.98 Å². The lowest BCUT2D eigenvalue weighted by Crippen LogP contribution is -2.37. The number of carbonyl (C=O) groups excluding carboxylic acids is 1. The second-order valence-electron chi connectivity index (χ2n) is 6.88. The van der Waals surface area contributed by atoms with Gasteiger partial charge in [0, 0.05) is 45.0 Å². The Labute approximate surface area is 169 Å². The van der Waals surface area contributed by atoms with Crippen LogP contribution in [-0.4, -0.2) is 49.1 Å². The van der Waals surface area contributed by atoms with Crippen molar-refractivity contribution in [3.8, 4) is 0 Å². The van der Waals surface area contributed by atoms with E-state index in [9.17, 15) is 4.79 Å². The van der Waals surface area contributed by atoms with Gasteiger partial charge in [-0.1, -0.05) is 35.3 Å². The summed E-state index contributed by atoms with van der Waals surface area (Å²) < 4.78 is 5.74. The minimum Gasteiger partial charge on any atom is -0.378 e.